The van der Waals surface area contributed by atoms with Gasteiger partial charge in [0, 0.05) is 17.9 Å². The van der Waals surface area contributed by atoms with Gasteiger partial charge in [-0.25, -0.2) is 9.98 Å². The molecule has 0 amide bonds. The molecule has 1 aromatic heterocycles. The molecule has 7 nitrogen and oxygen atoms in total. The minimum atomic E-state index is -2.15. The third-order valence-corrected chi connectivity index (χ3v) is 9.12. The van der Waals surface area contributed by atoms with E-state index >= 15 is 0 Å². The molecule has 34 heavy (non-hydrogen) atoms. The van der Waals surface area contributed by atoms with Gasteiger partial charge in [0.25, 0.3) is 0 Å². The average Bonchev–Trinajstić information content (AvgIpc) is 3.48. The van der Waals surface area contributed by atoms with Gasteiger partial charge in [0.1, 0.15) is 23.1 Å². The van der Waals surface area contributed by atoms with Crippen molar-refractivity contribution in [2.24, 2.45) is 10.9 Å². The zero-order valence-corrected chi connectivity index (χ0v) is 20.8. The van der Waals surface area contributed by atoms with Crippen LogP contribution >= 0.6 is 7.14 Å². The monoisotopic (exact) mass is 479 g/mol. The molecular formula is C26H34N5O2P. The second-order valence-corrected chi connectivity index (χ2v) is 13.6. The van der Waals surface area contributed by atoms with E-state index in [1.165, 1.54) is 25.7 Å². The maximum Gasteiger partial charge on any atom is 0.161 e. The van der Waals surface area contributed by atoms with Gasteiger partial charge >= 0.3 is 0 Å². The van der Waals surface area contributed by atoms with E-state index in [1.807, 2.05) is 43.9 Å². The Bertz CT molecular complexity index is 1280. The van der Waals surface area contributed by atoms with Crippen LogP contribution < -0.4 is 21.5 Å². The van der Waals surface area contributed by atoms with Crippen LogP contribution in [0.2, 0.25) is 0 Å². The molecule has 1 saturated carbocycles. The maximum absolute atomic E-state index is 12.4. The summed E-state index contributed by atoms with van der Waals surface area (Å²) >= 11 is 0. The van der Waals surface area contributed by atoms with Crippen molar-refractivity contribution in [3.63, 3.8) is 0 Å². The fourth-order valence-electron chi connectivity index (χ4n) is 5.09. The molecule has 180 valence electrons. The number of aromatic hydroxyl groups is 1. The molecule has 1 aliphatic heterocycles. The van der Waals surface area contributed by atoms with Gasteiger partial charge in [-0.1, -0.05) is 37.1 Å². The Morgan fingerprint density at radius 2 is 2.09 bits per heavy atom. The second kappa shape index (κ2) is 9.46. The summed E-state index contributed by atoms with van der Waals surface area (Å²) in [6.45, 7) is 4.46. The summed E-state index contributed by atoms with van der Waals surface area (Å²) in [4.78, 5) is 9.82. The number of aryl methyl sites for hydroxylation is 2. The molecule has 2 heterocycles. The van der Waals surface area contributed by atoms with Crippen LogP contribution in [-0.4, -0.2) is 39.8 Å². The van der Waals surface area contributed by atoms with Crippen LogP contribution in [-0.2, 0) is 17.5 Å². The Balaban J connectivity index is 1.42. The van der Waals surface area contributed by atoms with E-state index in [9.17, 15) is 9.67 Å². The predicted octanol–water partition coefficient (Wildman–Crippen LogP) is 3.06. The Kier molecular flexibility index (Phi) is 6.39. The Hall–Kier alpha value is -2.79. The Morgan fingerprint density at radius 3 is 2.79 bits per heavy atom. The lowest BCUT2D eigenvalue weighted by Crippen LogP contribution is -2.51. The van der Waals surface area contributed by atoms with Gasteiger partial charge in [-0.2, -0.15) is 0 Å². The fourth-order valence-corrected chi connectivity index (χ4v) is 6.21. The van der Waals surface area contributed by atoms with E-state index in [4.69, 9.17) is 9.98 Å². The summed E-state index contributed by atoms with van der Waals surface area (Å²) in [6.07, 6.45) is 14.6. The number of hydrogen-bond donors (Lipinski definition) is 3. The highest BCUT2D eigenvalue weighted by Crippen LogP contribution is 2.46. The smallest absolute Gasteiger partial charge is 0.161 e. The number of nitrogens with zero attached hydrogens (tertiary/aromatic N) is 3. The fraction of sp³-hybridized carbons (Fsp3) is 0.462. The summed E-state index contributed by atoms with van der Waals surface area (Å²) in [7, 11) is -2.15. The molecule has 0 radical (unpaired) electrons. The van der Waals surface area contributed by atoms with Crippen molar-refractivity contribution in [3.8, 4) is 5.75 Å². The number of allylic oxidation sites excluding steroid dienone is 3. The standard InChI is InChI=1S/C26H34N5O2P/c1-34(2,33)22-12-10-20(11-13-22)28-25-23-26(30-24(29-25)19-7-3-4-8-19)31(17-27-23)15-14-18-6-5-9-21(32)16-18/h5-6,9-12,16-17,19,22,24,28-29,32H,3-4,7-8,13-15H2,1-2H3. The van der Waals surface area contributed by atoms with Crippen molar-refractivity contribution >= 4 is 13.0 Å². The molecule has 0 bridgehead atoms. The first-order valence-corrected chi connectivity index (χ1v) is 14.9. The SMILES string of the molecule is CP(C)(=O)C1C=CC(NC2=c3ncn(CCc4cccc(O)c4)c3=NC(C3CCCC3)N2)=CC1. The van der Waals surface area contributed by atoms with Gasteiger partial charge in [-0.05, 0) is 68.7 Å². The first-order chi connectivity index (χ1) is 16.4. The van der Waals surface area contributed by atoms with Crippen LogP contribution in [0.4, 0.5) is 0 Å². The molecule has 0 saturated heterocycles. The number of nitrogens with one attached hydrogen (secondary N) is 2. The maximum atomic E-state index is 12.4. The van der Waals surface area contributed by atoms with Gasteiger partial charge < -0.3 is 24.9 Å². The molecule has 1 fully saturated rings. The highest BCUT2D eigenvalue weighted by molar-refractivity contribution is 7.63. The minimum Gasteiger partial charge on any atom is -0.508 e. The number of hydrogen-bond acceptors (Lipinski definition) is 6. The number of imidazole rings is 1. The first-order valence-electron chi connectivity index (χ1n) is 12.2. The van der Waals surface area contributed by atoms with Gasteiger partial charge in [-0.3, -0.25) is 0 Å². The van der Waals surface area contributed by atoms with Crippen molar-refractivity contribution in [1.82, 2.24) is 20.2 Å². The van der Waals surface area contributed by atoms with Crippen LogP contribution in [0.25, 0.3) is 5.82 Å². The number of rotatable bonds is 7. The van der Waals surface area contributed by atoms with E-state index in [-0.39, 0.29) is 11.8 Å². The number of benzene rings is 1. The lowest BCUT2D eigenvalue weighted by Gasteiger charge is -2.27. The van der Waals surface area contributed by atoms with Gasteiger partial charge in [0.2, 0.25) is 0 Å². The Morgan fingerprint density at radius 1 is 1.26 bits per heavy atom. The summed E-state index contributed by atoms with van der Waals surface area (Å²) in [5, 5.41) is 17.8. The Labute approximate surface area is 200 Å². The summed E-state index contributed by atoms with van der Waals surface area (Å²) in [6, 6.07) is 7.41. The van der Waals surface area contributed by atoms with Crippen molar-refractivity contribution in [2.75, 3.05) is 13.3 Å². The summed E-state index contributed by atoms with van der Waals surface area (Å²) in [5.74, 6) is 1.70. The highest BCUT2D eigenvalue weighted by atomic mass is 31.2. The van der Waals surface area contributed by atoms with Crippen LogP contribution in [0.15, 0.2) is 59.5 Å². The molecular weight excluding hydrogens is 445 g/mol. The van der Waals surface area contributed by atoms with Crippen LogP contribution in [0.5, 0.6) is 5.75 Å². The first kappa shape index (κ1) is 23.0. The zero-order valence-electron chi connectivity index (χ0n) is 19.9. The molecule has 8 heteroatoms. The molecule has 3 aliphatic rings. The van der Waals surface area contributed by atoms with E-state index in [0.717, 1.165) is 47.3 Å². The average molecular weight is 480 g/mol. The molecule has 0 spiro atoms. The van der Waals surface area contributed by atoms with E-state index < -0.39 is 7.14 Å². The number of fused-ring (bicyclic) bond motifs is 1. The van der Waals surface area contributed by atoms with E-state index in [2.05, 4.69) is 27.4 Å². The van der Waals surface area contributed by atoms with E-state index in [1.54, 1.807) is 6.07 Å². The van der Waals surface area contributed by atoms with Crippen LogP contribution in [0.3, 0.4) is 0 Å². The largest absolute Gasteiger partial charge is 0.508 e. The van der Waals surface area contributed by atoms with Gasteiger partial charge in [0.05, 0.1) is 13.5 Å². The lowest BCUT2D eigenvalue weighted by atomic mass is 10.0. The lowest BCUT2D eigenvalue weighted by molar-refractivity contribution is 0.385. The summed E-state index contributed by atoms with van der Waals surface area (Å²) < 4.78 is 14.6. The minimum absolute atomic E-state index is 0.0288. The van der Waals surface area contributed by atoms with Crippen LogP contribution in [0, 0.1) is 5.92 Å². The molecule has 2 unspecified atom stereocenters. The van der Waals surface area contributed by atoms with Crippen molar-refractivity contribution in [3.05, 3.63) is 70.9 Å². The normalized spacial score (nSPS) is 22.6. The molecule has 5 rings (SSSR count). The van der Waals surface area contributed by atoms with Crippen molar-refractivity contribution < 1.29 is 9.67 Å². The number of aromatic nitrogens is 2. The highest BCUT2D eigenvalue weighted by Gasteiger charge is 2.29. The van der Waals surface area contributed by atoms with Crippen molar-refractivity contribution in [2.45, 2.75) is 56.9 Å². The number of phenolic OH excluding ortho intramolecular Hbond substituents is 1. The molecule has 2 atom stereocenters. The van der Waals surface area contributed by atoms with Crippen molar-refractivity contribution in [1.29, 1.82) is 0 Å². The topological polar surface area (TPSA) is 91.5 Å². The third kappa shape index (κ3) is 5.00. The van der Waals surface area contributed by atoms with Gasteiger partial charge in [-0.15, -0.1) is 0 Å². The predicted molar refractivity (Wildman–Crippen MR) is 135 cm³/mol. The van der Waals surface area contributed by atoms with E-state index in [0.29, 0.717) is 11.7 Å². The molecule has 2 aliphatic carbocycles. The number of phenols is 1. The summed E-state index contributed by atoms with van der Waals surface area (Å²) in [5.41, 5.74) is 3.10. The third-order valence-electron chi connectivity index (χ3n) is 7.14. The second-order valence-electron chi connectivity index (χ2n) is 10.0. The quantitative estimate of drug-likeness (QED) is 0.531. The zero-order chi connectivity index (χ0) is 23.7. The van der Waals surface area contributed by atoms with Gasteiger partial charge in [0.15, 0.2) is 5.49 Å². The van der Waals surface area contributed by atoms with Crippen LogP contribution in [0.1, 0.15) is 37.7 Å². The molecule has 2 aromatic rings. The molecule has 1 aromatic carbocycles. The molecule has 3 N–H and O–H groups in total.